The quantitative estimate of drug-likeness (QED) is 0.0360. The van der Waals surface area contributed by atoms with Crippen molar-refractivity contribution >= 4 is 5.91 Å². The van der Waals surface area contributed by atoms with E-state index in [0.29, 0.717) is 19.3 Å². The van der Waals surface area contributed by atoms with E-state index in [-0.39, 0.29) is 6.42 Å². The summed E-state index contributed by atoms with van der Waals surface area (Å²) in [6.45, 7) is 3.41. The van der Waals surface area contributed by atoms with Gasteiger partial charge in [0.05, 0.1) is 25.4 Å². The first kappa shape index (κ1) is 49.1. The first-order chi connectivity index (χ1) is 25.2. The Morgan fingerprint density at radius 2 is 1.00 bits per heavy atom. The van der Waals surface area contributed by atoms with Crippen LogP contribution in [-0.4, -0.2) is 110 Å². The lowest BCUT2D eigenvalue weighted by molar-refractivity contribution is -0.303. The molecular weight excluding hydrogens is 666 g/mol. The SMILES string of the molecule is CCCCCCCCCCCCCCCCCC(O)C(=O)NC(COC1OC(CO)C(O)C(O)C1O)C(O)C(O)CCCCCCCCCCCC. The molecule has 52 heavy (non-hydrogen) atoms. The van der Waals surface area contributed by atoms with Crippen molar-refractivity contribution in [2.24, 2.45) is 0 Å². The molecule has 11 nitrogen and oxygen atoms in total. The number of rotatable bonds is 35. The number of hydrogen-bond acceptors (Lipinski definition) is 10. The molecular formula is C41H81NO10. The maximum atomic E-state index is 13.0. The molecule has 0 aromatic heterocycles. The van der Waals surface area contributed by atoms with E-state index in [4.69, 9.17) is 9.47 Å². The van der Waals surface area contributed by atoms with Gasteiger partial charge in [0.2, 0.25) is 5.91 Å². The predicted molar refractivity (Wildman–Crippen MR) is 206 cm³/mol. The van der Waals surface area contributed by atoms with Crippen LogP contribution >= 0.6 is 0 Å². The summed E-state index contributed by atoms with van der Waals surface area (Å²) in [4.78, 5) is 13.0. The molecule has 0 aliphatic carbocycles. The van der Waals surface area contributed by atoms with Gasteiger partial charge in [-0.3, -0.25) is 4.79 Å². The van der Waals surface area contributed by atoms with Crippen LogP contribution in [-0.2, 0) is 14.3 Å². The van der Waals surface area contributed by atoms with Crippen molar-refractivity contribution in [1.82, 2.24) is 5.32 Å². The summed E-state index contributed by atoms with van der Waals surface area (Å²) in [5.74, 6) is -0.696. The number of aliphatic hydroxyl groups is 7. The highest BCUT2D eigenvalue weighted by atomic mass is 16.7. The van der Waals surface area contributed by atoms with Gasteiger partial charge >= 0.3 is 0 Å². The highest BCUT2D eigenvalue weighted by molar-refractivity contribution is 5.80. The standard InChI is InChI=1S/C41H81NO10/c1-3-5-7-9-11-13-15-16-17-18-19-21-23-25-27-29-34(45)40(50)42-32(31-51-41-39(49)38(48)37(47)35(30-43)52-41)36(46)33(44)28-26-24-22-20-14-12-10-8-6-4-2/h32-39,41,43-49H,3-31H2,1-2H3,(H,42,50). The van der Waals surface area contributed by atoms with Gasteiger partial charge in [0.25, 0.3) is 0 Å². The molecule has 8 N–H and O–H groups in total. The Hall–Kier alpha value is -0.890. The second-order valence-corrected chi connectivity index (χ2v) is 15.4. The van der Waals surface area contributed by atoms with Crippen LogP contribution in [0.5, 0.6) is 0 Å². The van der Waals surface area contributed by atoms with Crippen LogP contribution in [0.1, 0.15) is 187 Å². The summed E-state index contributed by atoms with van der Waals surface area (Å²) in [5, 5.41) is 75.3. The maximum absolute atomic E-state index is 13.0. The molecule has 0 bridgehead atoms. The number of carbonyl (C=O) groups is 1. The lowest BCUT2D eigenvalue weighted by atomic mass is 9.98. The second kappa shape index (κ2) is 32.4. The van der Waals surface area contributed by atoms with Gasteiger partial charge in [0.15, 0.2) is 6.29 Å². The van der Waals surface area contributed by atoms with Crippen molar-refractivity contribution in [2.45, 2.75) is 242 Å². The van der Waals surface area contributed by atoms with Crippen molar-refractivity contribution < 1.29 is 50.0 Å². The van der Waals surface area contributed by atoms with Crippen LogP contribution in [0, 0.1) is 0 Å². The fourth-order valence-corrected chi connectivity index (χ4v) is 7.03. The Balaban J connectivity index is 2.48. The number of nitrogens with one attached hydrogen (secondary N) is 1. The first-order valence-corrected chi connectivity index (χ1v) is 21.4. The van der Waals surface area contributed by atoms with E-state index in [2.05, 4.69) is 19.2 Å². The molecule has 0 aromatic carbocycles. The Morgan fingerprint density at radius 3 is 1.42 bits per heavy atom. The van der Waals surface area contributed by atoms with E-state index < -0.39 is 74.2 Å². The molecule has 11 heteroatoms. The van der Waals surface area contributed by atoms with Crippen molar-refractivity contribution in [3.05, 3.63) is 0 Å². The molecule has 0 radical (unpaired) electrons. The van der Waals surface area contributed by atoms with Gasteiger partial charge < -0.3 is 50.5 Å². The average Bonchev–Trinajstić information content (AvgIpc) is 3.14. The van der Waals surface area contributed by atoms with Gasteiger partial charge in [0.1, 0.15) is 36.6 Å². The Bertz CT molecular complexity index is 820. The zero-order chi connectivity index (χ0) is 38.4. The normalized spacial score (nSPS) is 23.0. The lowest BCUT2D eigenvalue weighted by Crippen LogP contribution is -2.60. The fourth-order valence-electron chi connectivity index (χ4n) is 7.03. The zero-order valence-corrected chi connectivity index (χ0v) is 33.1. The zero-order valence-electron chi connectivity index (χ0n) is 33.1. The Kier molecular flexibility index (Phi) is 30.6. The molecule has 0 saturated carbocycles. The van der Waals surface area contributed by atoms with E-state index >= 15 is 0 Å². The Labute approximate surface area is 316 Å². The van der Waals surface area contributed by atoms with E-state index in [0.717, 1.165) is 38.5 Å². The predicted octanol–water partition coefficient (Wildman–Crippen LogP) is 5.94. The van der Waals surface area contributed by atoms with Crippen LogP contribution in [0.2, 0.25) is 0 Å². The Morgan fingerprint density at radius 1 is 0.596 bits per heavy atom. The maximum Gasteiger partial charge on any atom is 0.249 e. The summed E-state index contributed by atoms with van der Waals surface area (Å²) in [7, 11) is 0. The third kappa shape index (κ3) is 22.5. The molecule has 1 rings (SSSR count). The summed E-state index contributed by atoms with van der Waals surface area (Å²) < 4.78 is 11.0. The van der Waals surface area contributed by atoms with Gasteiger partial charge in [-0.2, -0.15) is 0 Å². The van der Waals surface area contributed by atoms with Crippen molar-refractivity contribution in [3.8, 4) is 0 Å². The molecule has 9 unspecified atom stereocenters. The minimum absolute atomic E-state index is 0.266. The van der Waals surface area contributed by atoms with Crippen molar-refractivity contribution in [2.75, 3.05) is 13.2 Å². The summed E-state index contributed by atoms with van der Waals surface area (Å²) in [6.07, 6.45) is 18.7. The van der Waals surface area contributed by atoms with Gasteiger partial charge in [-0.1, -0.05) is 174 Å². The molecule has 1 heterocycles. The van der Waals surface area contributed by atoms with E-state index in [1.807, 2.05) is 0 Å². The number of aliphatic hydroxyl groups excluding tert-OH is 7. The summed E-state index contributed by atoms with van der Waals surface area (Å²) in [5.41, 5.74) is 0. The molecule has 1 saturated heterocycles. The van der Waals surface area contributed by atoms with Crippen LogP contribution < -0.4 is 5.32 Å². The number of unbranched alkanes of at least 4 members (excludes halogenated alkanes) is 23. The molecule has 9 atom stereocenters. The van der Waals surface area contributed by atoms with E-state index in [1.54, 1.807) is 0 Å². The summed E-state index contributed by atoms with van der Waals surface area (Å²) >= 11 is 0. The van der Waals surface area contributed by atoms with Crippen LogP contribution in [0.4, 0.5) is 0 Å². The highest BCUT2D eigenvalue weighted by Crippen LogP contribution is 2.23. The minimum Gasteiger partial charge on any atom is -0.394 e. The van der Waals surface area contributed by atoms with Crippen LogP contribution in [0.3, 0.4) is 0 Å². The smallest absolute Gasteiger partial charge is 0.249 e. The molecule has 1 aliphatic heterocycles. The second-order valence-electron chi connectivity index (χ2n) is 15.4. The number of amides is 1. The van der Waals surface area contributed by atoms with Gasteiger partial charge in [0, 0.05) is 0 Å². The summed E-state index contributed by atoms with van der Waals surface area (Å²) in [6, 6.07) is -1.16. The minimum atomic E-state index is -1.65. The van der Waals surface area contributed by atoms with E-state index in [9.17, 15) is 40.5 Å². The molecule has 0 spiro atoms. The van der Waals surface area contributed by atoms with Gasteiger partial charge in [-0.25, -0.2) is 0 Å². The number of carbonyl (C=O) groups excluding carboxylic acids is 1. The molecule has 1 amide bonds. The monoisotopic (exact) mass is 748 g/mol. The van der Waals surface area contributed by atoms with Crippen LogP contribution in [0.15, 0.2) is 0 Å². The topological polar surface area (TPSA) is 189 Å². The van der Waals surface area contributed by atoms with Gasteiger partial charge in [-0.15, -0.1) is 0 Å². The molecule has 0 aromatic rings. The number of hydrogen-bond donors (Lipinski definition) is 8. The third-order valence-electron chi connectivity index (χ3n) is 10.7. The van der Waals surface area contributed by atoms with E-state index in [1.165, 1.54) is 109 Å². The first-order valence-electron chi connectivity index (χ1n) is 21.4. The number of ether oxygens (including phenoxy) is 2. The fraction of sp³-hybridized carbons (Fsp3) is 0.976. The molecule has 1 fully saturated rings. The highest BCUT2D eigenvalue weighted by Gasteiger charge is 2.44. The largest absolute Gasteiger partial charge is 0.394 e. The van der Waals surface area contributed by atoms with Crippen molar-refractivity contribution in [1.29, 1.82) is 0 Å². The molecule has 1 aliphatic rings. The lowest BCUT2D eigenvalue weighted by Gasteiger charge is -2.40. The van der Waals surface area contributed by atoms with Crippen LogP contribution in [0.25, 0.3) is 0 Å². The molecule has 310 valence electrons. The van der Waals surface area contributed by atoms with Gasteiger partial charge in [-0.05, 0) is 12.8 Å². The van der Waals surface area contributed by atoms with Crippen molar-refractivity contribution in [3.63, 3.8) is 0 Å². The average molecular weight is 748 g/mol. The third-order valence-corrected chi connectivity index (χ3v) is 10.7.